The van der Waals surface area contributed by atoms with E-state index in [0.717, 1.165) is 39.3 Å². The lowest BCUT2D eigenvalue weighted by Gasteiger charge is -2.22. The van der Waals surface area contributed by atoms with E-state index in [1.54, 1.807) is 0 Å². The number of unbranched alkanes of at least 4 members (excludes halogenated alkanes) is 9. The fourth-order valence-electron chi connectivity index (χ4n) is 3.73. The molecule has 4 nitrogen and oxygen atoms in total. The Labute approximate surface area is 161 Å². The van der Waals surface area contributed by atoms with Crippen molar-refractivity contribution in [3.8, 4) is 0 Å². The molecule has 2 heterocycles. The van der Waals surface area contributed by atoms with Crippen LogP contribution in [0.4, 0.5) is 0 Å². The molecular formula is C22H42O4. The zero-order chi connectivity index (χ0) is 18.1. The summed E-state index contributed by atoms with van der Waals surface area (Å²) in [5.74, 6) is 0. The summed E-state index contributed by atoms with van der Waals surface area (Å²) < 4.78 is 22.7. The highest BCUT2D eigenvalue weighted by molar-refractivity contribution is 4.55. The average molecular weight is 371 g/mol. The van der Waals surface area contributed by atoms with E-state index < -0.39 is 0 Å². The highest BCUT2D eigenvalue weighted by Crippen LogP contribution is 2.16. The zero-order valence-electron chi connectivity index (χ0n) is 16.9. The minimum absolute atomic E-state index is 0.0874. The first-order valence-electron chi connectivity index (χ1n) is 11.4. The van der Waals surface area contributed by atoms with E-state index >= 15 is 0 Å². The van der Waals surface area contributed by atoms with Gasteiger partial charge in [0.1, 0.15) is 0 Å². The van der Waals surface area contributed by atoms with Gasteiger partial charge >= 0.3 is 0 Å². The summed E-state index contributed by atoms with van der Waals surface area (Å²) >= 11 is 0. The third-order valence-electron chi connectivity index (χ3n) is 5.42. The van der Waals surface area contributed by atoms with Gasteiger partial charge in [0.25, 0.3) is 0 Å². The lowest BCUT2D eigenvalue weighted by Crippen LogP contribution is -2.22. The van der Waals surface area contributed by atoms with Crippen LogP contribution in [-0.2, 0) is 18.9 Å². The van der Waals surface area contributed by atoms with Crippen LogP contribution in [0.3, 0.4) is 0 Å². The van der Waals surface area contributed by atoms with Crippen LogP contribution in [0.15, 0.2) is 0 Å². The quantitative estimate of drug-likeness (QED) is 0.333. The monoisotopic (exact) mass is 370 g/mol. The number of hydrogen-bond donors (Lipinski definition) is 0. The maximum atomic E-state index is 5.77. The van der Waals surface area contributed by atoms with E-state index in [0.29, 0.717) is 0 Å². The second kappa shape index (κ2) is 15.9. The molecule has 2 atom stereocenters. The van der Waals surface area contributed by atoms with E-state index in [1.165, 1.54) is 89.9 Å². The van der Waals surface area contributed by atoms with Gasteiger partial charge in [-0.15, -0.1) is 0 Å². The Hall–Kier alpha value is -0.160. The van der Waals surface area contributed by atoms with Gasteiger partial charge < -0.3 is 18.9 Å². The normalized spacial score (nSPS) is 24.0. The molecule has 26 heavy (non-hydrogen) atoms. The smallest absolute Gasteiger partial charge is 0.157 e. The molecule has 0 saturated carbocycles. The molecule has 2 aliphatic rings. The van der Waals surface area contributed by atoms with E-state index in [1.807, 2.05) is 0 Å². The van der Waals surface area contributed by atoms with Crippen molar-refractivity contribution in [2.45, 2.75) is 115 Å². The molecule has 0 radical (unpaired) electrons. The Kier molecular flexibility index (Phi) is 13.5. The van der Waals surface area contributed by atoms with Crippen LogP contribution in [0.2, 0.25) is 0 Å². The topological polar surface area (TPSA) is 36.9 Å². The lowest BCUT2D eigenvalue weighted by atomic mass is 10.1. The number of ether oxygens (including phenoxy) is 4. The summed E-state index contributed by atoms with van der Waals surface area (Å²) in [5, 5.41) is 0. The molecule has 0 aromatic rings. The molecule has 2 saturated heterocycles. The van der Waals surface area contributed by atoms with E-state index in [4.69, 9.17) is 18.9 Å². The first kappa shape index (κ1) is 22.1. The maximum Gasteiger partial charge on any atom is 0.157 e. The third kappa shape index (κ3) is 11.5. The van der Waals surface area contributed by atoms with E-state index in [9.17, 15) is 0 Å². The Morgan fingerprint density at radius 2 is 0.885 bits per heavy atom. The standard InChI is InChI=1S/C22H42O4/c1(3-5-7-11-17-23-21-15-9-13-19-25-21)2-4-6-8-12-18-24-22-16-10-14-20-26-22/h21-22H,1-20H2. The maximum absolute atomic E-state index is 5.77. The molecule has 2 aliphatic heterocycles. The second-order valence-electron chi connectivity index (χ2n) is 7.87. The predicted molar refractivity (Wildman–Crippen MR) is 105 cm³/mol. The van der Waals surface area contributed by atoms with Crippen LogP contribution >= 0.6 is 0 Å². The van der Waals surface area contributed by atoms with Gasteiger partial charge in [-0.1, -0.05) is 51.4 Å². The minimum atomic E-state index is 0.0874. The van der Waals surface area contributed by atoms with Gasteiger partial charge in [0.15, 0.2) is 12.6 Å². The van der Waals surface area contributed by atoms with Gasteiger partial charge in [0.2, 0.25) is 0 Å². The van der Waals surface area contributed by atoms with Crippen LogP contribution in [-0.4, -0.2) is 39.0 Å². The van der Waals surface area contributed by atoms with Crippen molar-refractivity contribution < 1.29 is 18.9 Å². The van der Waals surface area contributed by atoms with Crippen molar-refractivity contribution in [3.63, 3.8) is 0 Å². The number of rotatable bonds is 15. The van der Waals surface area contributed by atoms with Crippen LogP contribution in [0.25, 0.3) is 0 Å². The molecule has 2 rings (SSSR count). The SMILES string of the molecule is C(CCCCCCOC1CCCCO1)CCCCCOC1CCCCO1. The summed E-state index contributed by atoms with van der Waals surface area (Å²) in [5.41, 5.74) is 0. The Morgan fingerprint density at radius 1 is 0.500 bits per heavy atom. The number of hydrogen-bond acceptors (Lipinski definition) is 4. The van der Waals surface area contributed by atoms with Crippen LogP contribution < -0.4 is 0 Å². The van der Waals surface area contributed by atoms with Crippen molar-refractivity contribution in [2.75, 3.05) is 26.4 Å². The molecule has 0 aromatic heterocycles. The molecule has 0 bridgehead atoms. The van der Waals surface area contributed by atoms with Gasteiger partial charge in [0.05, 0.1) is 0 Å². The molecule has 2 fully saturated rings. The van der Waals surface area contributed by atoms with Crippen LogP contribution in [0.1, 0.15) is 103 Å². The van der Waals surface area contributed by atoms with Crippen molar-refractivity contribution in [1.29, 1.82) is 0 Å². The minimum Gasteiger partial charge on any atom is -0.353 e. The van der Waals surface area contributed by atoms with Gasteiger partial charge in [-0.3, -0.25) is 0 Å². The average Bonchev–Trinajstić information content (AvgIpc) is 2.70. The molecule has 154 valence electrons. The summed E-state index contributed by atoms with van der Waals surface area (Å²) in [6.07, 6.45) is 20.5. The second-order valence-corrected chi connectivity index (χ2v) is 7.87. The van der Waals surface area contributed by atoms with E-state index in [2.05, 4.69) is 0 Å². The van der Waals surface area contributed by atoms with Gasteiger partial charge in [-0.2, -0.15) is 0 Å². The zero-order valence-corrected chi connectivity index (χ0v) is 16.9. The molecule has 0 aliphatic carbocycles. The van der Waals surface area contributed by atoms with Gasteiger partial charge in [-0.25, -0.2) is 0 Å². The van der Waals surface area contributed by atoms with Crippen molar-refractivity contribution >= 4 is 0 Å². The molecule has 0 aromatic carbocycles. The molecular weight excluding hydrogens is 328 g/mol. The molecule has 4 heteroatoms. The van der Waals surface area contributed by atoms with Gasteiger partial charge in [0, 0.05) is 26.4 Å². The summed E-state index contributed by atoms with van der Waals surface area (Å²) in [6, 6.07) is 0. The molecule has 0 N–H and O–H groups in total. The Bertz CT molecular complexity index is 269. The Morgan fingerprint density at radius 3 is 1.23 bits per heavy atom. The highest BCUT2D eigenvalue weighted by Gasteiger charge is 2.14. The highest BCUT2D eigenvalue weighted by atomic mass is 16.7. The third-order valence-corrected chi connectivity index (χ3v) is 5.42. The van der Waals surface area contributed by atoms with Crippen LogP contribution in [0.5, 0.6) is 0 Å². The summed E-state index contributed by atoms with van der Waals surface area (Å²) in [4.78, 5) is 0. The van der Waals surface area contributed by atoms with Crippen LogP contribution in [0, 0.1) is 0 Å². The van der Waals surface area contributed by atoms with Gasteiger partial charge in [-0.05, 0) is 51.4 Å². The van der Waals surface area contributed by atoms with E-state index in [-0.39, 0.29) is 12.6 Å². The summed E-state index contributed by atoms with van der Waals surface area (Å²) in [7, 11) is 0. The molecule has 0 amide bonds. The molecule has 2 unspecified atom stereocenters. The van der Waals surface area contributed by atoms with Crippen molar-refractivity contribution in [1.82, 2.24) is 0 Å². The first-order chi connectivity index (χ1) is 12.9. The largest absolute Gasteiger partial charge is 0.353 e. The molecule has 0 spiro atoms. The fraction of sp³-hybridized carbons (Fsp3) is 1.00. The Balaban J connectivity index is 1.22. The lowest BCUT2D eigenvalue weighted by molar-refractivity contribution is -0.163. The van der Waals surface area contributed by atoms with Crippen molar-refractivity contribution in [2.24, 2.45) is 0 Å². The predicted octanol–water partition coefficient (Wildman–Crippen LogP) is 5.97. The first-order valence-corrected chi connectivity index (χ1v) is 11.4. The van der Waals surface area contributed by atoms with Crippen molar-refractivity contribution in [3.05, 3.63) is 0 Å². The summed E-state index contributed by atoms with van der Waals surface area (Å²) in [6.45, 7) is 3.51. The fourth-order valence-corrected chi connectivity index (χ4v) is 3.73.